The summed E-state index contributed by atoms with van der Waals surface area (Å²) >= 11 is 0. The molecule has 1 fully saturated rings. The van der Waals surface area contributed by atoms with Crippen molar-refractivity contribution in [3.05, 3.63) is 46.0 Å². The molecule has 1 heterocycles. The van der Waals surface area contributed by atoms with Gasteiger partial charge in [-0.3, -0.25) is 15.0 Å². The van der Waals surface area contributed by atoms with Crippen molar-refractivity contribution in [3.8, 4) is 0 Å². The first-order valence-electron chi connectivity index (χ1n) is 6.40. The SMILES string of the molecule is O=[N+]([O-])c1ccccc1/C=C/CN1CCCCC1. The van der Waals surface area contributed by atoms with Crippen LogP contribution in [0.1, 0.15) is 24.8 Å². The minimum absolute atomic E-state index is 0.174. The lowest BCUT2D eigenvalue weighted by Gasteiger charge is -2.24. The second-order valence-corrected chi connectivity index (χ2v) is 4.58. The van der Waals surface area contributed by atoms with Crippen molar-refractivity contribution < 1.29 is 4.92 Å². The van der Waals surface area contributed by atoms with Crippen LogP contribution in [0.15, 0.2) is 30.3 Å². The van der Waals surface area contributed by atoms with Gasteiger partial charge in [0, 0.05) is 12.6 Å². The van der Waals surface area contributed by atoms with E-state index in [9.17, 15) is 10.1 Å². The van der Waals surface area contributed by atoms with Crippen molar-refractivity contribution >= 4 is 11.8 Å². The van der Waals surface area contributed by atoms with E-state index in [1.165, 1.54) is 19.3 Å². The number of nitro benzene ring substituents is 1. The summed E-state index contributed by atoms with van der Waals surface area (Å²) in [6.07, 6.45) is 7.73. The Bertz CT molecular complexity index is 437. The number of hydrogen-bond acceptors (Lipinski definition) is 3. The fourth-order valence-electron chi connectivity index (χ4n) is 2.27. The molecular formula is C14H18N2O2. The molecule has 0 atom stereocenters. The predicted octanol–water partition coefficient (Wildman–Crippen LogP) is 3.09. The molecule has 1 saturated heterocycles. The fourth-order valence-corrected chi connectivity index (χ4v) is 2.27. The highest BCUT2D eigenvalue weighted by Gasteiger charge is 2.10. The van der Waals surface area contributed by atoms with Gasteiger partial charge in [0.1, 0.15) is 0 Å². The van der Waals surface area contributed by atoms with Gasteiger partial charge in [0.05, 0.1) is 10.5 Å². The maximum atomic E-state index is 10.8. The van der Waals surface area contributed by atoms with E-state index in [1.54, 1.807) is 18.2 Å². The van der Waals surface area contributed by atoms with Crippen molar-refractivity contribution in [1.82, 2.24) is 4.90 Å². The zero-order valence-electron chi connectivity index (χ0n) is 10.4. The van der Waals surface area contributed by atoms with Gasteiger partial charge >= 0.3 is 0 Å². The number of para-hydroxylation sites is 1. The molecule has 0 saturated carbocycles. The highest BCUT2D eigenvalue weighted by atomic mass is 16.6. The Morgan fingerprint density at radius 2 is 1.94 bits per heavy atom. The molecule has 0 aromatic heterocycles. The zero-order valence-corrected chi connectivity index (χ0v) is 10.4. The van der Waals surface area contributed by atoms with E-state index in [1.807, 2.05) is 18.2 Å². The van der Waals surface area contributed by atoms with Crippen molar-refractivity contribution in [3.63, 3.8) is 0 Å². The Hall–Kier alpha value is -1.68. The number of piperidine rings is 1. The molecule has 1 aromatic rings. The Morgan fingerprint density at radius 1 is 1.22 bits per heavy atom. The second-order valence-electron chi connectivity index (χ2n) is 4.58. The molecule has 0 amide bonds. The maximum absolute atomic E-state index is 10.8. The highest BCUT2D eigenvalue weighted by molar-refractivity contribution is 5.60. The first kappa shape index (κ1) is 12.8. The molecular weight excluding hydrogens is 228 g/mol. The lowest BCUT2D eigenvalue weighted by atomic mass is 10.1. The van der Waals surface area contributed by atoms with Gasteiger partial charge in [-0.1, -0.05) is 30.7 Å². The molecule has 4 nitrogen and oxygen atoms in total. The third kappa shape index (κ3) is 3.40. The minimum Gasteiger partial charge on any atom is -0.300 e. The molecule has 1 aliphatic heterocycles. The first-order chi connectivity index (χ1) is 8.77. The summed E-state index contributed by atoms with van der Waals surface area (Å²) in [4.78, 5) is 12.9. The number of benzene rings is 1. The van der Waals surface area contributed by atoms with Gasteiger partial charge in [0.2, 0.25) is 0 Å². The van der Waals surface area contributed by atoms with Gasteiger partial charge in [-0.25, -0.2) is 0 Å². The van der Waals surface area contributed by atoms with Crippen molar-refractivity contribution in [2.75, 3.05) is 19.6 Å². The lowest BCUT2D eigenvalue weighted by Crippen LogP contribution is -2.29. The smallest absolute Gasteiger partial charge is 0.276 e. The largest absolute Gasteiger partial charge is 0.300 e. The summed E-state index contributed by atoms with van der Waals surface area (Å²) in [7, 11) is 0. The Kier molecular flexibility index (Phi) is 4.47. The normalized spacial score (nSPS) is 17.1. The molecule has 0 bridgehead atoms. The molecule has 0 aliphatic carbocycles. The van der Waals surface area contributed by atoms with E-state index in [2.05, 4.69) is 4.90 Å². The van der Waals surface area contributed by atoms with Gasteiger partial charge in [0.25, 0.3) is 5.69 Å². The number of likely N-dealkylation sites (tertiary alicyclic amines) is 1. The molecule has 0 N–H and O–H groups in total. The van der Waals surface area contributed by atoms with E-state index < -0.39 is 0 Å². The molecule has 2 rings (SSSR count). The Morgan fingerprint density at radius 3 is 2.67 bits per heavy atom. The zero-order chi connectivity index (χ0) is 12.8. The van der Waals surface area contributed by atoms with Crippen LogP contribution in [0.5, 0.6) is 0 Å². The highest BCUT2D eigenvalue weighted by Crippen LogP contribution is 2.19. The van der Waals surface area contributed by atoms with Gasteiger partial charge < -0.3 is 0 Å². The Labute approximate surface area is 107 Å². The fraction of sp³-hybridized carbons (Fsp3) is 0.429. The predicted molar refractivity (Wildman–Crippen MR) is 72.4 cm³/mol. The number of nitro groups is 1. The molecule has 1 aliphatic rings. The van der Waals surface area contributed by atoms with Crippen molar-refractivity contribution in [2.24, 2.45) is 0 Å². The first-order valence-corrected chi connectivity index (χ1v) is 6.40. The van der Waals surface area contributed by atoms with Gasteiger partial charge in [-0.15, -0.1) is 0 Å². The van der Waals surface area contributed by atoms with Crippen LogP contribution in [0.2, 0.25) is 0 Å². The third-order valence-electron chi connectivity index (χ3n) is 3.24. The average molecular weight is 246 g/mol. The Balaban J connectivity index is 1.97. The third-order valence-corrected chi connectivity index (χ3v) is 3.24. The molecule has 18 heavy (non-hydrogen) atoms. The van der Waals surface area contributed by atoms with Crippen LogP contribution in [-0.4, -0.2) is 29.5 Å². The van der Waals surface area contributed by atoms with E-state index in [0.717, 1.165) is 19.6 Å². The summed E-state index contributed by atoms with van der Waals surface area (Å²) in [6, 6.07) is 6.85. The van der Waals surface area contributed by atoms with Crippen LogP contribution in [0.25, 0.3) is 6.08 Å². The van der Waals surface area contributed by atoms with Crippen LogP contribution in [0.3, 0.4) is 0 Å². The number of rotatable bonds is 4. The molecule has 4 heteroatoms. The topological polar surface area (TPSA) is 46.4 Å². The van der Waals surface area contributed by atoms with Gasteiger partial charge in [-0.2, -0.15) is 0 Å². The maximum Gasteiger partial charge on any atom is 0.276 e. The van der Waals surface area contributed by atoms with E-state index >= 15 is 0 Å². The van der Waals surface area contributed by atoms with Crippen molar-refractivity contribution in [1.29, 1.82) is 0 Å². The van der Waals surface area contributed by atoms with Crippen LogP contribution < -0.4 is 0 Å². The van der Waals surface area contributed by atoms with Crippen LogP contribution in [-0.2, 0) is 0 Å². The molecule has 1 aromatic carbocycles. The second kappa shape index (κ2) is 6.31. The molecule has 96 valence electrons. The summed E-state index contributed by atoms with van der Waals surface area (Å²) in [5, 5.41) is 10.8. The van der Waals surface area contributed by atoms with E-state index in [0.29, 0.717) is 5.56 Å². The summed E-state index contributed by atoms with van der Waals surface area (Å²) < 4.78 is 0. The van der Waals surface area contributed by atoms with Crippen LogP contribution in [0.4, 0.5) is 5.69 Å². The average Bonchev–Trinajstić information content (AvgIpc) is 2.40. The number of hydrogen-bond donors (Lipinski definition) is 0. The molecule has 0 unspecified atom stereocenters. The number of nitrogens with zero attached hydrogens (tertiary/aromatic N) is 2. The summed E-state index contributed by atoms with van der Waals surface area (Å²) in [5.41, 5.74) is 0.854. The lowest BCUT2D eigenvalue weighted by molar-refractivity contribution is -0.385. The van der Waals surface area contributed by atoms with E-state index in [4.69, 9.17) is 0 Å². The van der Waals surface area contributed by atoms with E-state index in [-0.39, 0.29) is 10.6 Å². The van der Waals surface area contributed by atoms with Gasteiger partial charge in [-0.05, 0) is 32.0 Å². The standard InChI is InChI=1S/C14H18N2O2/c17-16(18)14-9-3-2-7-13(14)8-6-12-15-10-4-1-5-11-15/h2-3,6-9H,1,4-5,10-12H2/b8-6+. The van der Waals surface area contributed by atoms with Crippen LogP contribution >= 0.6 is 0 Å². The summed E-state index contributed by atoms with van der Waals surface area (Å²) in [6.45, 7) is 3.16. The van der Waals surface area contributed by atoms with Crippen LogP contribution in [0, 0.1) is 10.1 Å². The molecule has 0 spiro atoms. The van der Waals surface area contributed by atoms with Gasteiger partial charge in [0.15, 0.2) is 0 Å². The minimum atomic E-state index is -0.333. The molecule has 0 radical (unpaired) electrons. The quantitative estimate of drug-likeness (QED) is 0.605. The summed E-state index contributed by atoms with van der Waals surface area (Å²) in [5.74, 6) is 0. The monoisotopic (exact) mass is 246 g/mol. The van der Waals surface area contributed by atoms with Crippen molar-refractivity contribution in [2.45, 2.75) is 19.3 Å².